The number of hydrogen-bond acceptors (Lipinski definition) is 3. The van der Waals surface area contributed by atoms with Crippen molar-refractivity contribution >= 4 is 5.91 Å². The summed E-state index contributed by atoms with van der Waals surface area (Å²) in [5.74, 6) is 0.537. The number of aryl methyl sites for hydroxylation is 1. The van der Waals surface area contributed by atoms with Crippen LogP contribution in [0.1, 0.15) is 27.7 Å². The Balaban J connectivity index is 2.10. The van der Waals surface area contributed by atoms with Crippen molar-refractivity contribution in [3.05, 3.63) is 59.5 Å². The molecule has 0 aliphatic carbocycles. The lowest BCUT2D eigenvalue weighted by molar-refractivity contribution is 0.0937. The largest absolute Gasteiger partial charge is 0.469 e. The molecule has 0 radical (unpaired) electrons. The van der Waals surface area contributed by atoms with E-state index in [2.05, 4.69) is 5.32 Å². The third-order valence-electron chi connectivity index (χ3n) is 2.74. The Bertz CT molecular complexity index is 520. The molecule has 2 rings (SSSR count). The summed E-state index contributed by atoms with van der Waals surface area (Å²) in [6.45, 7) is 2.15. The highest BCUT2D eigenvalue weighted by Gasteiger charge is 2.15. The van der Waals surface area contributed by atoms with Crippen molar-refractivity contribution in [2.24, 2.45) is 5.73 Å². The zero-order chi connectivity index (χ0) is 13.0. The lowest BCUT2D eigenvalue weighted by Crippen LogP contribution is -2.33. The summed E-state index contributed by atoms with van der Waals surface area (Å²) in [5.41, 5.74) is 7.21. The molecule has 4 nitrogen and oxygen atoms in total. The second-order valence-corrected chi connectivity index (χ2v) is 4.12. The van der Waals surface area contributed by atoms with E-state index in [0.717, 1.165) is 5.56 Å². The lowest BCUT2D eigenvalue weighted by Gasteiger charge is -2.16. The van der Waals surface area contributed by atoms with E-state index in [1.54, 1.807) is 13.0 Å². The van der Waals surface area contributed by atoms with Crippen molar-refractivity contribution in [2.45, 2.75) is 13.0 Å². The van der Waals surface area contributed by atoms with Crippen LogP contribution in [0, 0.1) is 6.92 Å². The van der Waals surface area contributed by atoms with Gasteiger partial charge < -0.3 is 15.5 Å². The quantitative estimate of drug-likeness (QED) is 0.864. The van der Waals surface area contributed by atoms with Crippen LogP contribution < -0.4 is 11.1 Å². The van der Waals surface area contributed by atoms with Crippen LogP contribution in [0.4, 0.5) is 0 Å². The zero-order valence-electron chi connectivity index (χ0n) is 10.2. The molecule has 1 aromatic heterocycles. The van der Waals surface area contributed by atoms with Gasteiger partial charge in [-0.25, -0.2) is 0 Å². The van der Waals surface area contributed by atoms with Crippen molar-refractivity contribution in [2.75, 3.05) is 6.54 Å². The number of carbonyl (C=O) groups is 1. The van der Waals surface area contributed by atoms with E-state index in [1.165, 1.54) is 6.26 Å². The molecular formula is C14H16N2O2. The molecule has 2 aromatic rings. The first kappa shape index (κ1) is 12.4. The van der Waals surface area contributed by atoms with Gasteiger partial charge in [-0.15, -0.1) is 0 Å². The molecule has 1 unspecified atom stereocenters. The fourth-order valence-electron chi connectivity index (χ4n) is 1.77. The summed E-state index contributed by atoms with van der Waals surface area (Å²) < 4.78 is 5.11. The fraction of sp³-hybridized carbons (Fsp3) is 0.214. The Kier molecular flexibility index (Phi) is 3.79. The van der Waals surface area contributed by atoms with Crippen LogP contribution in [0.2, 0.25) is 0 Å². The highest BCUT2D eigenvalue weighted by atomic mass is 16.3. The minimum atomic E-state index is -0.186. The monoisotopic (exact) mass is 244 g/mol. The Labute approximate surface area is 106 Å². The average molecular weight is 244 g/mol. The smallest absolute Gasteiger partial charge is 0.255 e. The molecule has 0 fully saturated rings. The van der Waals surface area contributed by atoms with E-state index < -0.39 is 0 Å². The maximum absolute atomic E-state index is 12.0. The van der Waals surface area contributed by atoms with Gasteiger partial charge in [-0.2, -0.15) is 0 Å². The molecular weight excluding hydrogens is 228 g/mol. The molecule has 3 N–H and O–H groups in total. The van der Waals surface area contributed by atoms with Crippen LogP contribution in [0.5, 0.6) is 0 Å². The number of benzene rings is 1. The van der Waals surface area contributed by atoms with Gasteiger partial charge in [-0.05, 0) is 18.6 Å². The number of hydrogen-bond donors (Lipinski definition) is 2. The van der Waals surface area contributed by atoms with Gasteiger partial charge in [-0.3, -0.25) is 4.79 Å². The number of amides is 1. The summed E-state index contributed by atoms with van der Waals surface area (Å²) in [7, 11) is 0. The van der Waals surface area contributed by atoms with E-state index in [0.29, 0.717) is 17.9 Å². The van der Waals surface area contributed by atoms with Crippen LogP contribution in [0.3, 0.4) is 0 Å². The van der Waals surface area contributed by atoms with Gasteiger partial charge in [0.15, 0.2) is 0 Å². The molecule has 1 heterocycles. The second-order valence-electron chi connectivity index (χ2n) is 4.12. The SMILES string of the molecule is Cc1cc(C(=O)NC(CN)c2ccccc2)co1. The molecule has 0 saturated carbocycles. The normalized spacial score (nSPS) is 12.1. The second kappa shape index (κ2) is 5.51. The standard InChI is InChI=1S/C14H16N2O2/c1-10-7-12(9-18-10)14(17)16-13(8-15)11-5-3-2-4-6-11/h2-7,9,13H,8,15H2,1H3,(H,16,17). The first-order chi connectivity index (χ1) is 8.70. The van der Waals surface area contributed by atoms with E-state index in [9.17, 15) is 4.79 Å². The van der Waals surface area contributed by atoms with Crippen molar-refractivity contribution in [3.63, 3.8) is 0 Å². The van der Waals surface area contributed by atoms with Crippen LogP contribution in [0.25, 0.3) is 0 Å². The molecule has 94 valence electrons. The minimum absolute atomic E-state index is 0.175. The Hall–Kier alpha value is -2.07. The van der Waals surface area contributed by atoms with Crippen LogP contribution in [-0.4, -0.2) is 12.5 Å². The minimum Gasteiger partial charge on any atom is -0.469 e. The molecule has 0 saturated heterocycles. The van der Waals surface area contributed by atoms with Gasteiger partial charge >= 0.3 is 0 Å². The highest BCUT2D eigenvalue weighted by Crippen LogP contribution is 2.13. The molecule has 18 heavy (non-hydrogen) atoms. The van der Waals surface area contributed by atoms with Gasteiger partial charge in [-0.1, -0.05) is 30.3 Å². The molecule has 1 aromatic carbocycles. The third-order valence-corrected chi connectivity index (χ3v) is 2.74. The van der Waals surface area contributed by atoms with E-state index in [-0.39, 0.29) is 11.9 Å². The van der Waals surface area contributed by atoms with Crippen LogP contribution >= 0.6 is 0 Å². The molecule has 0 spiro atoms. The van der Waals surface area contributed by atoms with Gasteiger partial charge in [0.05, 0.1) is 11.6 Å². The predicted octanol–water partition coefficient (Wildman–Crippen LogP) is 2.02. The van der Waals surface area contributed by atoms with Crippen LogP contribution in [0.15, 0.2) is 47.1 Å². The summed E-state index contributed by atoms with van der Waals surface area (Å²) in [4.78, 5) is 12.0. The van der Waals surface area contributed by atoms with E-state index in [1.807, 2.05) is 30.3 Å². The van der Waals surface area contributed by atoms with E-state index >= 15 is 0 Å². The number of rotatable bonds is 4. The Morgan fingerprint density at radius 2 is 2.11 bits per heavy atom. The third kappa shape index (κ3) is 2.78. The highest BCUT2D eigenvalue weighted by molar-refractivity contribution is 5.94. The number of furan rings is 1. The molecule has 1 amide bonds. The van der Waals surface area contributed by atoms with E-state index in [4.69, 9.17) is 10.2 Å². The van der Waals surface area contributed by atoms with Gasteiger partial charge in [0, 0.05) is 6.54 Å². The Morgan fingerprint density at radius 1 is 1.39 bits per heavy atom. The van der Waals surface area contributed by atoms with Gasteiger partial charge in [0.1, 0.15) is 12.0 Å². The lowest BCUT2D eigenvalue weighted by atomic mass is 10.1. The molecule has 0 aliphatic rings. The predicted molar refractivity (Wildman–Crippen MR) is 69.1 cm³/mol. The molecule has 0 bridgehead atoms. The molecule has 1 atom stereocenters. The van der Waals surface area contributed by atoms with Crippen molar-refractivity contribution in [3.8, 4) is 0 Å². The van der Waals surface area contributed by atoms with Gasteiger partial charge in [0.2, 0.25) is 0 Å². The summed E-state index contributed by atoms with van der Waals surface area (Å²) in [6, 6.07) is 11.2. The fourth-order valence-corrected chi connectivity index (χ4v) is 1.77. The maximum Gasteiger partial charge on any atom is 0.255 e. The summed E-state index contributed by atoms with van der Waals surface area (Å²) in [5, 5.41) is 2.89. The van der Waals surface area contributed by atoms with Crippen molar-refractivity contribution < 1.29 is 9.21 Å². The average Bonchev–Trinajstić information content (AvgIpc) is 2.83. The Morgan fingerprint density at radius 3 is 2.67 bits per heavy atom. The summed E-state index contributed by atoms with van der Waals surface area (Å²) >= 11 is 0. The molecule has 4 heteroatoms. The molecule has 0 aliphatic heterocycles. The number of nitrogens with two attached hydrogens (primary N) is 1. The van der Waals surface area contributed by atoms with Gasteiger partial charge in [0.25, 0.3) is 5.91 Å². The maximum atomic E-state index is 12.0. The first-order valence-corrected chi connectivity index (χ1v) is 5.81. The topological polar surface area (TPSA) is 68.3 Å². The number of nitrogens with one attached hydrogen (secondary N) is 1. The van der Waals surface area contributed by atoms with Crippen molar-refractivity contribution in [1.29, 1.82) is 0 Å². The van der Waals surface area contributed by atoms with Crippen molar-refractivity contribution in [1.82, 2.24) is 5.32 Å². The number of carbonyl (C=O) groups excluding carboxylic acids is 1. The van der Waals surface area contributed by atoms with Crippen LogP contribution in [-0.2, 0) is 0 Å². The zero-order valence-corrected chi connectivity index (χ0v) is 10.2. The first-order valence-electron chi connectivity index (χ1n) is 5.81. The summed E-state index contributed by atoms with van der Waals surface area (Å²) in [6.07, 6.45) is 1.45.